The number of benzene rings is 4. The van der Waals surface area contributed by atoms with Crippen LogP contribution in [0.2, 0.25) is 0 Å². The summed E-state index contributed by atoms with van der Waals surface area (Å²) in [4.78, 5) is 0. The Morgan fingerprint density at radius 1 is 0.750 bits per heavy atom. The average Bonchev–Trinajstić information content (AvgIpc) is 3.44. The van der Waals surface area contributed by atoms with Crippen LogP contribution < -0.4 is 10.4 Å². The molecule has 2 radical (unpaired) electrons. The first kappa shape index (κ1) is 27.2. The van der Waals surface area contributed by atoms with Crippen LogP contribution in [0.5, 0.6) is 0 Å². The maximum atomic E-state index is 4.93. The number of rotatable bonds is 1. The summed E-state index contributed by atoms with van der Waals surface area (Å²) in [6, 6.07) is 31.8. The van der Waals surface area contributed by atoms with Gasteiger partial charge in [0.05, 0.1) is 9.52 Å². The van der Waals surface area contributed by atoms with Gasteiger partial charge in [-0.05, 0) is 49.9 Å². The van der Waals surface area contributed by atoms with Crippen molar-refractivity contribution in [2.75, 3.05) is 0 Å². The Morgan fingerprint density at radius 2 is 1.44 bits per heavy atom. The van der Waals surface area contributed by atoms with Crippen molar-refractivity contribution in [3.63, 3.8) is 0 Å². The molecule has 6 rings (SSSR count). The molecule has 1 aliphatic rings. The smallest absolute Gasteiger partial charge is 0.0920 e. The molecule has 0 amide bonds. The van der Waals surface area contributed by atoms with E-state index < -0.39 is 20.8 Å². The van der Waals surface area contributed by atoms with Gasteiger partial charge in [0.2, 0.25) is 0 Å². The minimum absolute atomic E-state index is 0.795. The Kier molecular flexibility index (Phi) is 9.18. The van der Waals surface area contributed by atoms with Crippen molar-refractivity contribution in [1.82, 2.24) is 0 Å². The summed E-state index contributed by atoms with van der Waals surface area (Å²) < 4.78 is 0. The zero-order valence-electron chi connectivity index (χ0n) is 21.3. The zero-order chi connectivity index (χ0) is 25.8. The standard InChI is InChI=1S/C20H21.C12H7Si.2ClH.Zr/c1-12-10-17-8-6-14(3)20(19(17)11-12)18-9-7-13(2)15(4)16(18)5;1-3-7-11-9(5-1)10-6-2-4-8-12(10)13-11;;;/h6-11H,1-5H3;1-7H;2*1H;/q2*-1;;;+4/p-2. The van der Waals surface area contributed by atoms with E-state index in [0.29, 0.717) is 0 Å². The summed E-state index contributed by atoms with van der Waals surface area (Å²) in [6.07, 6.45) is 0. The largest absolute Gasteiger partial charge is 0.184 e. The average molecular weight is 603 g/mol. The molecule has 0 fully saturated rings. The number of hydrogen-bond acceptors (Lipinski definition) is 0. The Labute approximate surface area is 236 Å². The van der Waals surface area contributed by atoms with Crippen molar-refractivity contribution < 1.29 is 20.8 Å². The third-order valence-corrected chi connectivity index (χ3v) is 8.27. The van der Waals surface area contributed by atoms with Crippen LogP contribution in [0.1, 0.15) is 27.8 Å². The molecule has 0 aromatic heterocycles. The Hall–Kier alpha value is -1.83. The van der Waals surface area contributed by atoms with E-state index in [2.05, 4.69) is 113 Å². The van der Waals surface area contributed by atoms with E-state index in [0.717, 1.165) is 9.52 Å². The predicted octanol–water partition coefficient (Wildman–Crippen LogP) is 8.27. The minimum atomic E-state index is -0.826. The molecular formula is C32H28Cl2SiZr. The van der Waals surface area contributed by atoms with Crippen LogP contribution >= 0.6 is 17.0 Å². The van der Waals surface area contributed by atoms with Crippen molar-refractivity contribution in [2.45, 2.75) is 34.6 Å². The van der Waals surface area contributed by atoms with Crippen molar-refractivity contribution in [1.29, 1.82) is 0 Å². The van der Waals surface area contributed by atoms with Crippen LogP contribution in [0.4, 0.5) is 0 Å². The van der Waals surface area contributed by atoms with Gasteiger partial charge in [-0.3, -0.25) is 0 Å². The van der Waals surface area contributed by atoms with E-state index in [4.69, 9.17) is 17.0 Å². The Bertz CT molecular complexity index is 1470. The van der Waals surface area contributed by atoms with Crippen molar-refractivity contribution in [3.05, 3.63) is 113 Å². The topological polar surface area (TPSA) is 0 Å². The van der Waals surface area contributed by atoms with Gasteiger partial charge < -0.3 is 0 Å². The number of fused-ring (bicyclic) bond motifs is 4. The molecule has 0 N–H and O–H groups in total. The van der Waals surface area contributed by atoms with Gasteiger partial charge in [0.25, 0.3) is 0 Å². The molecule has 0 spiro atoms. The maximum absolute atomic E-state index is 4.93. The molecule has 0 aliphatic carbocycles. The fourth-order valence-electron chi connectivity index (χ4n) is 4.85. The van der Waals surface area contributed by atoms with Gasteiger partial charge in [0, 0.05) is 0 Å². The fourth-order valence-corrected chi connectivity index (χ4v) is 6.16. The summed E-state index contributed by atoms with van der Waals surface area (Å²) in [5.41, 5.74) is 12.4. The first-order valence-electron chi connectivity index (χ1n) is 11.9. The number of hydrogen-bond donors (Lipinski definition) is 0. The SMILES string of the molecule is Cc1cc2c(-c3ccc(C)c(C)c3C)c(C)ccc2[cH-]1.[Cl][Zr+2][Cl].[c-]1cccc2c1[Si]c1ccccc1-2. The molecule has 5 aromatic carbocycles. The van der Waals surface area contributed by atoms with E-state index in [-0.39, 0.29) is 0 Å². The second-order valence-corrected chi connectivity index (χ2v) is 14.2. The number of aryl methyl sites for hydroxylation is 3. The summed E-state index contributed by atoms with van der Waals surface area (Å²) in [6.45, 7) is 11.0. The zero-order valence-corrected chi connectivity index (χ0v) is 26.2. The third kappa shape index (κ3) is 5.68. The van der Waals surface area contributed by atoms with Crippen molar-refractivity contribution in [3.8, 4) is 22.3 Å². The van der Waals surface area contributed by atoms with Crippen LogP contribution in [0, 0.1) is 40.7 Å². The van der Waals surface area contributed by atoms with Gasteiger partial charge in [-0.15, -0.1) is 40.1 Å². The second-order valence-electron chi connectivity index (χ2n) is 9.17. The molecule has 0 saturated carbocycles. The molecule has 5 aromatic rings. The predicted molar refractivity (Wildman–Crippen MR) is 156 cm³/mol. The van der Waals surface area contributed by atoms with E-state index in [1.54, 1.807) is 0 Å². The molecule has 0 bridgehead atoms. The molecule has 4 heteroatoms. The van der Waals surface area contributed by atoms with Crippen LogP contribution in [0.3, 0.4) is 0 Å². The minimum Gasteiger partial charge on any atom is -0.184 e. The Morgan fingerprint density at radius 3 is 2.22 bits per heavy atom. The normalized spacial score (nSPS) is 11.0. The van der Waals surface area contributed by atoms with Gasteiger partial charge >= 0.3 is 37.9 Å². The summed E-state index contributed by atoms with van der Waals surface area (Å²) in [5, 5.41) is 5.55. The van der Waals surface area contributed by atoms with E-state index in [1.165, 1.54) is 71.2 Å². The third-order valence-electron chi connectivity index (χ3n) is 6.90. The van der Waals surface area contributed by atoms with Crippen LogP contribution in [0.15, 0.2) is 78.9 Å². The van der Waals surface area contributed by atoms with E-state index in [9.17, 15) is 0 Å². The van der Waals surface area contributed by atoms with Gasteiger partial charge in [0.1, 0.15) is 0 Å². The van der Waals surface area contributed by atoms with Gasteiger partial charge in [0.15, 0.2) is 0 Å². The molecule has 0 atom stereocenters. The Balaban J connectivity index is 0.000000163. The molecule has 1 aliphatic heterocycles. The quantitative estimate of drug-likeness (QED) is 0.131. The molecule has 0 unspecified atom stereocenters. The molecule has 36 heavy (non-hydrogen) atoms. The summed E-state index contributed by atoms with van der Waals surface area (Å²) in [5.74, 6) is 0. The molecular weight excluding hydrogens is 575 g/mol. The van der Waals surface area contributed by atoms with Crippen LogP contribution in [0.25, 0.3) is 33.0 Å². The maximum Gasteiger partial charge on any atom is 0.0920 e. The van der Waals surface area contributed by atoms with Crippen LogP contribution in [-0.2, 0) is 20.8 Å². The molecule has 0 nitrogen and oxygen atoms in total. The van der Waals surface area contributed by atoms with Crippen molar-refractivity contribution in [2.24, 2.45) is 0 Å². The van der Waals surface area contributed by atoms with Crippen molar-refractivity contribution >= 4 is 47.7 Å². The molecule has 1 heterocycles. The monoisotopic (exact) mass is 600 g/mol. The molecule has 0 saturated heterocycles. The summed E-state index contributed by atoms with van der Waals surface area (Å²) >= 11 is -0.826. The second kappa shape index (κ2) is 12.1. The van der Waals surface area contributed by atoms with Gasteiger partial charge in [-0.2, -0.15) is 35.5 Å². The van der Waals surface area contributed by atoms with E-state index >= 15 is 0 Å². The van der Waals surface area contributed by atoms with Crippen LogP contribution in [-0.4, -0.2) is 9.52 Å². The first-order valence-corrected chi connectivity index (χ1v) is 19.3. The summed E-state index contributed by atoms with van der Waals surface area (Å²) in [7, 11) is 10.7. The van der Waals surface area contributed by atoms with Gasteiger partial charge in [-0.25, -0.2) is 0 Å². The first-order chi connectivity index (χ1) is 17.3. The fraction of sp³-hybridized carbons (Fsp3) is 0.156. The van der Waals surface area contributed by atoms with E-state index in [1.807, 2.05) is 6.07 Å². The molecule has 178 valence electrons. The van der Waals surface area contributed by atoms with Gasteiger partial charge in [-0.1, -0.05) is 65.2 Å². The number of halogens is 2.